The predicted octanol–water partition coefficient (Wildman–Crippen LogP) is 2.12. The summed E-state index contributed by atoms with van der Waals surface area (Å²) in [6.07, 6.45) is -0.128. The monoisotopic (exact) mass is 368 g/mol. The van der Waals surface area contributed by atoms with Crippen LogP contribution in [0.5, 0.6) is 5.75 Å². The fourth-order valence-corrected chi connectivity index (χ4v) is 2.51. The Labute approximate surface area is 149 Å². The van der Waals surface area contributed by atoms with Gasteiger partial charge < -0.3 is 21.9 Å². The van der Waals surface area contributed by atoms with Crippen molar-refractivity contribution < 1.29 is 9.90 Å². The van der Waals surface area contributed by atoms with Gasteiger partial charge in [0.2, 0.25) is 5.91 Å². The van der Waals surface area contributed by atoms with Crippen molar-refractivity contribution in [3.8, 4) is 5.75 Å². The van der Waals surface area contributed by atoms with Crippen molar-refractivity contribution in [3.63, 3.8) is 0 Å². The molecule has 2 rings (SSSR count). The van der Waals surface area contributed by atoms with Crippen LogP contribution < -0.4 is 16.8 Å². The molecule has 0 saturated carbocycles. The van der Waals surface area contributed by atoms with Gasteiger partial charge in [-0.2, -0.15) is 0 Å². The Bertz CT molecular complexity index is 740. The Hall–Kier alpha value is -2.02. The Balaban J connectivity index is 1.99. The third-order valence-electron chi connectivity index (χ3n) is 3.38. The third kappa shape index (κ3) is 4.74. The molecule has 0 aliphatic carbocycles. The molecule has 8 heteroatoms. The second-order valence-electron chi connectivity index (χ2n) is 5.23. The molecule has 0 aliphatic rings. The molecule has 0 radical (unpaired) electrons. The van der Waals surface area contributed by atoms with Crippen molar-refractivity contribution in [2.45, 2.75) is 18.3 Å². The van der Waals surface area contributed by atoms with Gasteiger partial charge in [0.15, 0.2) is 5.75 Å². The quantitative estimate of drug-likeness (QED) is 0.583. The van der Waals surface area contributed by atoms with Crippen molar-refractivity contribution in [1.29, 1.82) is 0 Å². The number of nitrogens with zero attached hydrogens (tertiary/aromatic N) is 1. The lowest BCUT2D eigenvalue weighted by molar-refractivity contribution is -0.120. The highest BCUT2D eigenvalue weighted by Crippen LogP contribution is 2.28. The molecule has 6 nitrogen and oxygen atoms in total. The van der Waals surface area contributed by atoms with Crippen molar-refractivity contribution >= 4 is 34.9 Å². The normalized spacial score (nSPS) is 12.0. The Morgan fingerprint density at radius 1 is 1.38 bits per heavy atom. The zero-order valence-electron chi connectivity index (χ0n) is 12.8. The summed E-state index contributed by atoms with van der Waals surface area (Å²) in [5.41, 5.74) is 13.0. The number of alkyl halides is 1. The molecule has 0 fully saturated rings. The maximum absolute atomic E-state index is 12.0. The molecular formula is C16H18Cl2N4O2. The van der Waals surface area contributed by atoms with Crippen LogP contribution in [0.2, 0.25) is 5.02 Å². The summed E-state index contributed by atoms with van der Waals surface area (Å²) in [4.78, 5) is 16.0. The number of hydrogen-bond donors (Lipinski definition) is 4. The van der Waals surface area contributed by atoms with Gasteiger partial charge in [-0.1, -0.05) is 35.9 Å². The number of carbonyl (C=O) groups excluding carboxylic acids is 1. The molecule has 0 spiro atoms. The topological polar surface area (TPSA) is 114 Å². The highest BCUT2D eigenvalue weighted by atomic mass is 35.5. The van der Waals surface area contributed by atoms with Crippen LogP contribution in [0.3, 0.4) is 0 Å². The van der Waals surface area contributed by atoms with E-state index in [1.165, 1.54) is 6.07 Å². The van der Waals surface area contributed by atoms with Gasteiger partial charge in [0.05, 0.1) is 22.5 Å². The number of halogens is 2. The molecule has 128 valence electrons. The van der Waals surface area contributed by atoms with E-state index in [-0.39, 0.29) is 40.0 Å². The Morgan fingerprint density at radius 2 is 2.12 bits per heavy atom. The van der Waals surface area contributed by atoms with Crippen LogP contribution in [0.1, 0.15) is 22.2 Å². The van der Waals surface area contributed by atoms with E-state index in [9.17, 15) is 9.90 Å². The SMILES string of the molecule is NCC(Cl)c1cccc(CNC(=O)Cc2nc(N)cc(Cl)c2O)c1. The number of carbonyl (C=O) groups is 1. The van der Waals surface area contributed by atoms with Crippen molar-refractivity contribution in [3.05, 3.63) is 52.2 Å². The van der Waals surface area contributed by atoms with Gasteiger partial charge in [0, 0.05) is 19.2 Å². The van der Waals surface area contributed by atoms with Gasteiger partial charge in [0.1, 0.15) is 5.82 Å². The van der Waals surface area contributed by atoms with Gasteiger partial charge in [-0.15, -0.1) is 11.6 Å². The van der Waals surface area contributed by atoms with Gasteiger partial charge in [0.25, 0.3) is 0 Å². The van der Waals surface area contributed by atoms with Gasteiger partial charge >= 0.3 is 0 Å². The van der Waals surface area contributed by atoms with Crippen molar-refractivity contribution in [2.75, 3.05) is 12.3 Å². The van der Waals surface area contributed by atoms with E-state index in [2.05, 4.69) is 10.3 Å². The van der Waals surface area contributed by atoms with Crippen LogP contribution in [-0.2, 0) is 17.8 Å². The van der Waals surface area contributed by atoms with Crippen LogP contribution in [0, 0.1) is 0 Å². The minimum atomic E-state index is -0.314. The number of hydrogen-bond acceptors (Lipinski definition) is 5. The summed E-state index contributed by atoms with van der Waals surface area (Å²) in [5.74, 6) is -0.412. The van der Waals surface area contributed by atoms with Crippen LogP contribution in [-0.4, -0.2) is 22.5 Å². The zero-order chi connectivity index (χ0) is 17.7. The first-order valence-electron chi connectivity index (χ1n) is 7.24. The summed E-state index contributed by atoms with van der Waals surface area (Å²) in [6, 6.07) is 8.82. The number of aromatic hydroxyl groups is 1. The molecule has 1 aromatic heterocycles. The zero-order valence-corrected chi connectivity index (χ0v) is 14.3. The molecule has 24 heavy (non-hydrogen) atoms. The average Bonchev–Trinajstić information content (AvgIpc) is 2.57. The fraction of sp³-hybridized carbons (Fsp3) is 0.250. The molecule has 1 amide bonds. The molecule has 1 heterocycles. The van der Waals surface area contributed by atoms with Crippen LogP contribution >= 0.6 is 23.2 Å². The lowest BCUT2D eigenvalue weighted by atomic mass is 10.1. The molecule has 1 unspecified atom stereocenters. The first-order chi connectivity index (χ1) is 11.4. The molecule has 1 aromatic carbocycles. The number of anilines is 1. The van der Waals surface area contributed by atoms with Gasteiger partial charge in [-0.3, -0.25) is 4.79 Å². The Morgan fingerprint density at radius 3 is 2.83 bits per heavy atom. The molecule has 0 bridgehead atoms. The first kappa shape index (κ1) is 18.3. The summed E-state index contributed by atoms with van der Waals surface area (Å²) in [6.45, 7) is 0.649. The van der Waals surface area contributed by atoms with E-state index >= 15 is 0 Å². The molecule has 6 N–H and O–H groups in total. The standard InChI is InChI=1S/C16H18Cl2N4O2/c17-11-5-14(20)22-13(16(11)24)6-15(23)21-8-9-2-1-3-10(4-9)12(18)7-19/h1-5,12,24H,6-8,19H2,(H2,20,22)(H,21,23). The number of nitrogen functional groups attached to an aromatic ring is 1. The Kier molecular flexibility index (Phi) is 6.25. The van der Waals surface area contributed by atoms with E-state index in [1.807, 2.05) is 24.3 Å². The first-order valence-corrected chi connectivity index (χ1v) is 8.05. The van der Waals surface area contributed by atoms with Crippen molar-refractivity contribution in [1.82, 2.24) is 10.3 Å². The maximum atomic E-state index is 12.0. The number of nitrogens with one attached hydrogen (secondary N) is 1. The van der Waals surface area contributed by atoms with E-state index < -0.39 is 0 Å². The average molecular weight is 369 g/mol. The number of aromatic nitrogens is 1. The van der Waals surface area contributed by atoms with Gasteiger partial charge in [-0.05, 0) is 11.1 Å². The molecular weight excluding hydrogens is 351 g/mol. The number of nitrogens with two attached hydrogens (primary N) is 2. The summed E-state index contributed by atoms with van der Waals surface area (Å²) in [5, 5.41) is 12.4. The second-order valence-corrected chi connectivity index (χ2v) is 6.16. The number of rotatable bonds is 6. The summed E-state index contributed by atoms with van der Waals surface area (Å²) in [7, 11) is 0. The second kappa shape index (κ2) is 8.19. The van der Waals surface area contributed by atoms with Crippen molar-refractivity contribution in [2.24, 2.45) is 5.73 Å². The minimum Gasteiger partial charge on any atom is -0.505 e. The third-order valence-corrected chi connectivity index (χ3v) is 4.09. The minimum absolute atomic E-state index is 0.0629. The smallest absolute Gasteiger partial charge is 0.226 e. The van der Waals surface area contributed by atoms with Crippen LogP contribution in [0.4, 0.5) is 5.82 Å². The predicted molar refractivity (Wildman–Crippen MR) is 95.0 cm³/mol. The van der Waals surface area contributed by atoms with Crippen LogP contribution in [0.15, 0.2) is 30.3 Å². The number of amides is 1. The maximum Gasteiger partial charge on any atom is 0.226 e. The highest BCUT2D eigenvalue weighted by Gasteiger charge is 2.13. The van der Waals surface area contributed by atoms with Gasteiger partial charge in [-0.25, -0.2) is 4.98 Å². The van der Waals surface area contributed by atoms with E-state index in [0.717, 1.165) is 11.1 Å². The van der Waals surface area contributed by atoms with Crippen LogP contribution in [0.25, 0.3) is 0 Å². The highest BCUT2D eigenvalue weighted by molar-refractivity contribution is 6.32. The number of pyridine rings is 1. The lowest BCUT2D eigenvalue weighted by Gasteiger charge is -2.11. The lowest BCUT2D eigenvalue weighted by Crippen LogP contribution is -2.25. The largest absolute Gasteiger partial charge is 0.505 e. The molecule has 0 saturated heterocycles. The molecule has 2 aromatic rings. The van der Waals surface area contributed by atoms with E-state index in [1.54, 1.807) is 0 Å². The fourth-order valence-electron chi connectivity index (χ4n) is 2.15. The number of benzene rings is 1. The summed E-state index contributed by atoms with van der Waals surface area (Å²) < 4.78 is 0. The van der Waals surface area contributed by atoms with E-state index in [0.29, 0.717) is 13.1 Å². The molecule has 0 aliphatic heterocycles. The summed E-state index contributed by atoms with van der Waals surface area (Å²) >= 11 is 11.9. The molecule has 1 atom stereocenters. The van der Waals surface area contributed by atoms with E-state index in [4.69, 9.17) is 34.7 Å².